The average Bonchev–Trinajstić information content (AvgIpc) is 2.96. The third-order valence-electron chi connectivity index (χ3n) is 2.97. The third kappa shape index (κ3) is 4.09. The lowest BCUT2D eigenvalue weighted by atomic mass is 10.2. The second-order valence-electron chi connectivity index (χ2n) is 4.64. The predicted molar refractivity (Wildman–Crippen MR) is 86.6 cm³/mol. The Kier molecular flexibility index (Phi) is 4.58. The zero-order chi connectivity index (χ0) is 14.5. The van der Waals surface area contributed by atoms with Crippen molar-refractivity contribution in [2.45, 2.75) is 17.2 Å². The first kappa shape index (κ1) is 14.2. The number of rotatable bonds is 5. The number of hydrogen-bond donors (Lipinski definition) is 0. The molecular formula is C16H14ClN3S. The lowest BCUT2D eigenvalue weighted by molar-refractivity contribution is 0.649. The maximum absolute atomic E-state index is 5.88. The molecule has 0 aliphatic rings. The highest BCUT2D eigenvalue weighted by Gasteiger charge is 2.03. The summed E-state index contributed by atoms with van der Waals surface area (Å²) in [5.74, 6) is 0.824. The van der Waals surface area contributed by atoms with Gasteiger partial charge in [0.2, 0.25) is 0 Å². The molecule has 3 rings (SSSR count). The molecule has 0 fully saturated rings. The van der Waals surface area contributed by atoms with Gasteiger partial charge in [0.05, 0.1) is 12.2 Å². The van der Waals surface area contributed by atoms with E-state index in [1.54, 1.807) is 11.8 Å². The SMILES string of the molecule is Clc1ccc(Cn2cc(CSc3ccccc3)nn2)cc1. The highest BCUT2D eigenvalue weighted by molar-refractivity contribution is 7.98. The van der Waals surface area contributed by atoms with Gasteiger partial charge in [0, 0.05) is 21.9 Å². The molecule has 0 spiro atoms. The van der Waals surface area contributed by atoms with Crippen LogP contribution in [0.5, 0.6) is 0 Å². The number of thioether (sulfide) groups is 1. The molecular weight excluding hydrogens is 302 g/mol. The van der Waals surface area contributed by atoms with Crippen molar-refractivity contribution in [1.82, 2.24) is 15.0 Å². The standard InChI is InChI=1S/C16H14ClN3S/c17-14-8-6-13(7-9-14)10-20-11-15(18-19-20)12-21-16-4-2-1-3-5-16/h1-9,11H,10,12H2. The van der Waals surface area contributed by atoms with Crippen LogP contribution < -0.4 is 0 Å². The van der Waals surface area contributed by atoms with Crippen molar-refractivity contribution in [2.75, 3.05) is 0 Å². The highest BCUT2D eigenvalue weighted by Crippen LogP contribution is 2.21. The van der Waals surface area contributed by atoms with Gasteiger partial charge in [-0.15, -0.1) is 16.9 Å². The van der Waals surface area contributed by atoms with Gasteiger partial charge in [0.25, 0.3) is 0 Å². The van der Waals surface area contributed by atoms with E-state index in [-0.39, 0.29) is 0 Å². The van der Waals surface area contributed by atoms with Gasteiger partial charge in [-0.25, -0.2) is 4.68 Å². The van der Waals surface area contributed by atoms with Gasteiger partial charge in [-0.2, -0.15) is 0 Å². The first-order chi connectivity index (χ1) is 10.3. The third-order valence-corrected chi connectivity index (χ3v) is 4.27. The van der Waals surface area contributed by atoms with Crippen molar-refractivity contribution in [1.29, 1.82) is 0 Å². The van der Waals surface area contributed by atoms with Gasteiger partial charge in [0.1, 0.15) is 0 Å². The first-order valence-corrected chi connectivity index (χ1v) is 7.97. The van der Waals surface area contributed by atoms with Crippen molar-refractivity contribution in [3.05, 3.63) is 77.1 Å². The summed E-state index contributed by atoms with van der Waals surface area (Å²) in [4.78, 5) is 1.24. The Morgan fingerprint density at radius 3 is 2.52 bits per heavy atom. The average molecular weight is 316 g/mol. The van der Waals surface area contributed by atoms with Gasteiger partial charge in [-0.3, -0.25) is 0 Å². The minimum Gasteiger partial charge on any atom is -0.248 e. The molecule has 106 valence electrons. The van der Waals surface area contributed by atoms with Crippen LogP contribution >= 0.6 is 23.4 Å². The Hall–Kier alpha value is -1.78. The summed E-state index contributed by atoms with van der Waals surface area (Å²) in [6.45, 7) is 0.709. The molecule has 0 unspecified atom stereocenters. The molecule has 0 aliphatic heterocycles. The lowest BCUT2D eigenvalue weighted by Crippen LogP contribution is -1.99. The van der Waals surface area contributed by atoms with E-state index in [2.05, 4.69) is 22.4 Å². The summed E-state index contributed by atoms with van der Waals surface area (Å²) < 4.78 is 1.85. The summed E-state index contributed by atoms with van der Waals surface area (Å²) in [7, 11) is 0. The zero-order valence-electron chi connectivity index (χ0n) is 11.3. The Labute approximate surface area is 132 Å². The summed E-state index contributed by atoms with van der Waals surface area (Å²) >= 11 is 7.64. The van der Waals surface area contributed by atoms with E-state index in [0.29, 0.717) is 6.54 Å². The lowest BCUT2D eigenvalue weighted by Gasteiger charge is -2.00. The zero-order valence-corrected chi connectivity index (χ0v) is 12.9. The molecule has 3 aromatic rings. The number of hydrogen-bond acceptors (Lipinski definition) is 3. The molecule has 0 aliphatic carbocycles. The number of benzene rings is 2. The fraction of sp³-hybridized carbons (Fsp3) is 0.125. The molecule has 2 aromatic carbocycles. The Morgan fingerprint density at radius 1 is 1.00 bits per heavy atom. The second kappa shape index (κ2) is 6.78. The van der Waals surface area contributed by atoms with E-state index in [4.69, 9.17) is 11.6 Å². The van der Waals surface area contributed by atoms with E-state index >= 15 is 0 Å². The summed E-state index contributed by atoms with van der Waals surface area (Å²) in [5, 5.41) is 9.13. The molecule has 0 N–H and O–H groups in total. The summed E-state index contributed by atoms with van der Waals surface area (Å²) in [6.07, 6.45) is 1.99. The molecule has 0 saturated carbocycles. The van der Waals surface area contributed by atoms with E-state index in [0.717, 1.165) is 22.0 Å². The Balaban J connectivity index is 1.59. The normalized spacial score (nSPS) is 10.7. The van der Waals surface area contributed by atoms with Gasteiger partial charge < -0.3 is 0 Å². The van der Waals surface area contributed by atoms with E-state index < -0.39 is 0 Å². The van der Waals surface area contributed by atoms with Gasteiger partial charge >= 0.3 is 0 Å². The maximum Gasteiger partial charge on any atom is 0.0929 e. The Bertz CT molecular complexity index is 695. The second-order valence-corrected chi connectivity index (χ2v) is 6.12. The van der Waals surface area contributed by atoms with Crippen LogP contribution in [0, 0.1) is 0 Å². The van der Waals surface area contributed by atoms with Crippen LogP contribution in [0.2, 0.25) is 5.02 Å². The maximum atomic E-state index is 5.88. The molecule has 1 aromatic heterocycles. The highest BCUT2D eigenvalue weighted by atomic mass is 35.5. The van der Waals surface area contributed by atoms with Crippen molar-refractivity contribution in [3.63, 3.8) is 0 Å². The quantitative estimate of drug-likeness (QED) is 0.659. The Morgan fingerprint density at radius 2 is 1.76 bits per heavy atom. The van der Waals surface area contributed by atoms with Crippen LogP contribution in [0.4, 0.5) is 0 Å². The van der Waals surface area contributed by atoms with Crippen molar-refractivity contribution >= 4 is 23.4 Å². The summed E-state index contributed by atoms with van der Waals surface area (Å²) in [5.41, 5.74) is 2.14. The fourth-order valence-electron chi connectivity index (χ4n) is 1.93. The van der Waals surface area contributed by atoms with E-state index in [9.17, 15) is 0 Å². The largest absolute Gasteiger partial charge is 0.248 e. The molecule has 0 radical (unpaired) electrons. The number of halogens is 1. The molecule has 0 amide bonds. The molecule has 0 bridgehead atoms. The van der Waals surface area contributed by atoms with E-state index in [1.165, 1.54) is 4.90 Å². The molecule has 3 nitrogen and oxygen atoms in total. The molecule has 5 heteroatoms. The topological polar surface area (TPSA) is 30.7 Å². The number of nitrogens with zero attached hydrogens (tertiary/aromatic N) is 3. The molecule has 0 saturated heterocycles. The predicted octanol–water partition coefficient (Wildman–Crippen LogP) is 4.27. The fourth-order valence-corrected chi connectivity index (χ4v) is 2.86. The van der Waals surface area contributed by atoms with Crippen LogP contribution in [-0.2, 0) is 12.3 Å². The van der Waals surface area contributed by atoms with Crippen molar-refractivity contribution in [3.8, 4) is 0 Å². The van der Waals surface area contributed by atoms with Crippen molar-refractivity contribution in [2.24, 2.45) is 0 Å². The van der Waals surface area contributed by atoms with Crippen LogP contribution in [0.3, 0.4) is 0 Å². The van der Waals surface area contributed by atoms with Crippen LogP contribution in [0.15, 0.2) is 65.7 Å². The van der Waals surface area contributed by atoms with Crippen LogP contribution in [0.1, 0.15) is 11.3 Å². The minimum absolute atomic E-state index is 0.709. The first-order valence-electron chi connectivity index (χ1n) is 6.61. The minimum atomic E-state index is 0.709. The number of aromatic nitrogens is 3. The van der Waals surface area contributed by atoms with Gasteiger partial charge in [-0.05, 0) is 29.8 Å². The van der Waals surface area contributed by atoms with Crippen LogP contribution in [0.25, 0.3) is 0 Å². The van der Waals surface area contributed by atoms with E-state index in [1.807, 2.05) is 53.3 Å². The van der Waals surface area contributed by atoms with Crippen molar-refractivity contribution < 1.29 is 0 Å². The smallest absolute Gasteiger partial charge is 0.0929 e. The van der Waals surface area contributed by atoms with Gasteiger partial charge in [-0.1, -0.05) is 47.1 Å². The molecule has 1 heterocycles. The van der Waals surface area contributed by atoms with Gasteiger partial charge in [0.15, 0.2) is 0 Å². The summed E-state index contributed by atoms with van der Waals surface area (Å²) in [6, 6.07) is 18.1. The monoisotopic (exact) mass is 315 g/mol. The van der Waals surface area contributed by atoms with Crippen LogP contribution in [-0.4, -0.2) is 15.0 Å². The molecule has 0 atom stereocenters. The molecule has 21 heavy (non-hydrogen) atoms.